The highest BCUT2D eigenvalue weighted by molar-refractivity contribution is 7.20. The average Bonchev–Trinajstić information content (AvgIpc) is 3.33. The third kappa shape index (κ3) is 6.08. The predicted octanol–water partition coefficient (Wildman–Crippen LogP) is 5.01. The van der Waals surface area contributed by atoms with Crippen LogP contribution in [0, 0.1) is 0 Å². The molecule has 180 valence electrons. The van der Waals surface area contributed by atoms with Gasteiger partial charge in [-0.1, -0.05) is 41.7 Å². The van der Waals surface area contributed by atoms with Crippen LogP contribution in [0.15, 0.2) is 72.3 Å². The number of aromatic nitrogens is 1. The summed E-state index contributed by atoms with van der Waals surface area (Å²) in [7, 11) is 3.19. The Kier molecular flexibility index (Phi) is 7.81. The van der Waals surface area contributed by atoms with Crippen molar-refractivity contribution < 1.29 is 24.2 Å². The Hall–Kier alpha value is -4.08. The number of ether oxygens (including phenoxy) is 3. The number of methoxy groups -OCH3 is 2. The van der Waals surface area contributed by atoms with E-state index in [2.05, 4.69) is 10.3 Å². The number of anilines is 1. The summed E-state index contributed by atoms with van der Waals surface area (Å²) in [5.74, 6) is 0.724. The van der Waals surface area contributed by atoms with Crippen LogP contribution in [0.4, 0.5) is 5.69 Å². The molecule has 1 amide bonds. The quantitative estimate of drug-likeness (QED) is 0.212. The molecule has 0 spiro atoms. The summed E-state index contributed by atoms with van der Waals surface area (Å²) in [6.07, 6.45) is 1.99. The summed E-state index contributed by atoms with van der Waals surface area (Å²) >= 11 is 1.50. The molecule has 3 N–H and O–H groups in total. The van der Waals surface area contributed by atoms with Gasteiger partial charge in [-0.3, -0.25) is 10.0 Å². The van der Waals surface area contributed by atoms with Crippen LogP contribution in [0.2, 0.25) is 0 Å². The van der Waals surface area contributed by atoms with Crippen LogP contribution in [-0.2, 0) is 0 Å². The number of nitrogens with zero attached hydrogens (tertiary/aromatic N) is 1. The van der Waals surface area contributed by atoms with Gasteiger partial charge in [0, 0.05) is 23.9 Å². The second kappa shape index (κ2) is 11.4. The molecule has 4 rings (SSSR count). The van der Waals surface area contributed by atoms with Crippen LogP contribution in [0.3, 0.4) is 0 Å². The fourth-order valence-corrected chi connectivity index (χ4v) is 4.22. The predicted molar refractivity (Wildman–Crippen MR) is 137 cm³/mol. The largest absolute Gasteiger partial charge is 0.493 e. The van der Waals surface area contributed by atoms with Gasteiger partial charge >= 0.3 is 0 Å². The lowest BCUT2D eigenvalue weighted by Gasteiger charge is -2.13. The molecule has 0 unspecified atom stereocenters. The van der Waals surface area contributed by atoms with E-state index in [1.807, 2.05) is 48.5 Å². The molecule has 0 aliphatic heterocycles. The molecule has 8 nitrogen and oxygen atoms in total. The van der Waals surface area contributed by atoms with Crippen molar-refractivity contribution in [3.8, 4) is 16.7 Å². The zero-order chi connectivity index (χ0) is 24.6. The van der Waals surface area contributed by atoms with E-state index in [1.54, 1.807) is 44.0 Å². The van der Waals surface area contributed by atoms with Crippen LogP contribution in [0.5, 0.6) is 16.7 Å². The number of fused-ring (bicyclic) bond motifs is 1. The average molecular weight is 492 g/mol. The molecule has 0 saturated carbocycles. The summed E-state index contributed by atoms with van der Waals surface area (Å²) in [6, 6.07) is 20.4. The van der Waals surface area contributed by atoms with Crippen LogP contribution in [0.1, 0.15) is 15.9 Å². The first kappa shape index (κ1) is 24.1. The van der Waals surface area contributed by atoms with Gasteiger partial charge < -0.3 is 19.5 Å². The van der Waals surface area contributed by atoms with Gasteiger partial charge in [0.2, 0.25) is 0 Å². The Bertz CT molecular complexity index is 1300. The minimum Gasteiger partial charge on any atom is -0.493 e. The smallest absolute Gasteiger partial charge is 0.274 e. The first-order valence-electron chi connectivity index (χ1n) is 10.8. The third-order valence-corrected chi connectivity index (χ3v) is 6.15. The van der Waals surface area contributed by atoms with Crippen LogP contribution in [-0.4, -0.2) is 43.5 Å². The molecule has 0 aliphatic carbocycles. The molecule has 0 fully saturated rings. The van der Waals surface area contributed by atoms with Crippen molar-refractivity contribution in [1.82, 2.24) is 10.5 Å². The summed E-state index contributed by atoms with van der Waals surface area (Å²) in [6.45, 7) is 0.818. The van der Waals surface area contributed by atoms with Crippen LogP contribution >= 0.6 is 11.3 Å². The van der Waals surface area contributed by atoms with Crippen LogP contribution < -0.4 is 25.0 Å². The molecule has 9 heteroatoms. The number of hydrogen-bond donors (Lipinski definition) is 3. The van der Waals surface area contributed by atoms with Crippen LogP contribution in [0.25, 0.3) is 16.3 Å². The Morgan fingerprint density at radius 3 is 2.51 bits per heavy atom. The van der Waals surface area contributed by atoms with Gasteiger partial charge in [0.25, 0.3) is 11.1 Å². The minimum atomic E-state index is -0.560. The molecule has 1 aromatic heterocycles. The fraction of sp³-hybridized carbons (Fsp3) is 0.154. The lowest BCUT2D eigenvalue weighted by molar-refractivity contribution is 0.0706. The number of hydrogen-bond acceptors (Lipinski definition) is 8. The first-order chi connectivity index (χ1) is 17.1. The molecular weight excluding hydrogens is 466 g/mol. The maximum absolute atomic E-state index is 11.6. The minimum absolute atomic E-state index is 0.318. The van der Waals surface area contributed by atoms with Crippen molar-refractivity contribution >= 4 is 39.2 Å². The number of rotatable bonds is 10. The number of hydroxylamine groups is 1. The van der Waals surface area contributed by atoms with Crippen molar-refractivity contribution in [2.24, 2.45) is 0 Å². The zero-order valence-corrected chi connectivity index (χ0v) is 20.1. The van der Waals surface area contributed by atoms with Crippen molar-refractivity contribution in [3.63, 3.8) is 0 Å². The molecule has 0 atom stereocenters. The lowest BCUT2D eigenvalue weighted by Crippen LogP contribution is -2.18. The van der Waals surface area contributed by atoms with E-state index in [9.17, 15) is 4.79 Å². The van der Waals surface area contributed by atoms with E-state index >= 15 is 0 Å². The van der Waals surface area contributed by atoms with Crippen molar-refractivity contribution in [3.05, 3.63) is 83.4 Å². The summed E-state index contributed by atoms with van der Waals surface area (Å²) in [5, 5.41) is 12.8. The molecule has 0 saturated heterocycles. The SMILES string of the molecule is COc1ccc(NC/C(=C\c2ccc(C(=O)NO)cc2)COc2nc3ccccc3s2)cc1OC. The molecule has 0 aliphatic rings. The van der Waals surface area contributed by atoms with E-state index in [0.717, 1.165) is 27.0 Å². The van der Waals surface area contributed by atoms with E-state index in [0.29, 0.717) is 35.4 Å². The fourth-order valence-electron chi connectivity index (χ4n) is 3.40. The number of nitrogens with one attached hydrogen (secondary N) is 2. The summed E-state index contributed by atoms with van der Waals surface area (Å²) in [4.78, 5) is 16.1. The Balaban J connectivity index is 1.53. The van der Waals surface area contributed by atoms with E-state index < -0.39 is 5.91 Å². The Morgan fingerprint density at radius 2 is 1.80 bits per heavy atom. The highest BCUT2D eigenvalue weighted by atomic mass is 32.1. The lowest BCUT2D eigenvalue weighted by atomic mass is 10.1. The van der Waals surface area contributed by atoms with Gasteiger partial charge in [0.05, 0.1) is 24.4 Å². The molecule has 0 radical (unpaired) electrons. The van der Waals surface area contributed by atoms with Gasteiger partial charge in [0.15, 0.2) is 11.5 Å². The molecule has 35 heavy (non-hydrogen) atoms. The number of carbonyl (C=O) groups is 1. The first-order valence-corrected chi connectivity index (χ1v) is 11.6. The molecule has 3 aromatic carbocycles. The number of carbonyl (C=O) groups excluding carboxylic acids is 1. The van der Waals surface area contributed by atoms with Gasteiger partial charge in [-0.25, -0.2) is 10.5 Å². The highest BCUT2D eigenvalue weighted by Gasteiger charge is 2.09. The maximum Gasteiger partial charge on any atom is 0.274 e. The van der Waals surface area contributed by atoms with Gasteiger partial charge in [-0.15, -0.1) is 0 Å². The molecular formula is C26H25N3O5S. The number of para-hydroxylation sites is 1. The maximum atomic E-state index is 11.6. The summed E-state index contributed by atoms with van der Waals surface area (Å²) < 4.78 is 17.8. The van der Waals surface area contributed by atoms with E-state index in [1.165, 1.54) is 11.3 Å². The second-order valence-corrected chi connectivity index (χ2v) is 8.52. The topological polar surface area (TPSA) is 102 Å². The van der Waals surface area contributed by atoms with Gasteiger partial charge in [-0.05, 0) is 47.5 Å². The summed E-state index contributed by atoms with van der Waals surface area (Å²) in [5.41, 5.74) is 5.61. The third-order valence-electron chi connectivity index (χ3n) is 5.20. The van der Waals surface area contributed by atoms with Gasteiger partial charge in [0.1, 0.15) is 6.61 Å². The number of thiazole rings is 1. The Morgan fingerprint density at radius 1 is 1.03 bits per heavy atom. The Labute approximate surface area is 206 Å². The molecule has 0 bridgehead atoms. The molecule has 4 aromatic rings. The normalized spacial score (nSPS) is 11.2. The second-order valence-electron chi connectivity index (χ2n) is 7.53. The van der Waals surface area contributed by atoms with Crippen molar-refractivity contribution in [2.75, 3.05) is 32.7 Å². The number of amides is 1. The van der Waals surface area contributed by atoms with Crippen molar-refractivity contribution in [2.45, 2.75) is 0 Å². The van der Waals surface area contributed by atoms with E-state index in [-0.39, 0.29) is 0 Å². The number of benzene rings is 3. The van der Waals surface area contributed by atoms with E-state index in [4.69, 9.17) is 19.4 Å². The van der Waals surface area contributed by atoms with Gasteiger partial charge in [-0.2, -0.15) is 0 Å². The monoisotopic (exact) mass is 491 g/mol. The standard InChI is InChI=1S/C26H25N3O5S/c1-32-22-12-11-20(14-23(22)33-2)27-15-18(13-17-7-9-19(10-8-17)25(30)29-31)16-34-26-28-21-5-3-4-6-24(21)35-26/h3-14,27,31H,15-16H2,1-2H3,(H,29,30)/b18-13+. The zero-order valence-electron chi connectivity index (χ0n) is 19.3. The van der Waals surface area contributed by atoms with Crippen molar-refractivity contribution in [1.29, 1.82) is 0 Å². The molecule has 1 heterocycles. The highest BCUT2D eigenvalue weighted by Crippen LogP contribution is 2.30.